The van der Waals surface area contributed by atoms with Crippen molar-refractivity contribution in [3.05, 3.63) is 40.9 Å². The first kappa shape index (κ1) is 14.2. The minimum absolute atomic E-state index is 0.101. The summed E-state index contributed by atoms with van der Waals surface area (Å²) < 4.78 is 5.91. The van der Waals surface area contributed by atoms with Gasteiger partial charge in [0.15, 0.2) is 6.61 Å². The lowest BCUT2D eigenvalue weighted by Crippen LogP contribution is -2.29. The number of hydrogen-bond acceptors (Lipinski definition) is 3. The number of rotatable bonds is 6. The Bertz CT molecular complexity index is 457. The predicted octanol–water partition coefficient (Wildman–Crippen LogP) is 1.19. The number of carbonyl (C=O) groups excluding carboxylic acids is 2. The van der Waals surface area contributed by atoms with Gasteiger partial charge in [-0.2, -0.15) is 0 Å². The molecular formula is C12H13BrN2O3. The van der Waals surface area contributed by atoms with Crippen molar-refractivity contribution < 1.29 is 14.3 Å². The zero-order valence-electron chi connectivity index (χ0n) is 9.61. The van der Waals surface area contributed by atoms with Gasteiger partial charge in [0, 0.05) is 16.6 Å². The Kier molecular flexibility index (Phi) is 5.38. The molecule has 18 heavy (non-hydrogen) atoms. The first-order valence-electron chi connectivity index (χ1n) is 5.11. The second-order valence-corrected chi connectivity index (χ2v) is 4.59. The molecule has 0 spiro atoms. The van der Waals surface area contributed by atoms with Crippen molar-refractivity contribution in [2.24, 2.45) is 5.73 Å². The molecule has 0 unspecified atom stereocenters. The van der Waals surface area contributed by atoms with Crippen LogP contribution in [0.1, 0.15) is 10.4 Å². The van der Waals surface area contributed by atoms with Crippen molar-refractivity contribution in [2.45, 2.75) is 0 Å². The van der Waals surface area contributed by atoms with Gasteiger partial charge in [-0.15, -0.1) is 0 Å². The summed E-state index contributed by atoms with van der Waals surface area (Å²) in [5.41, 5.74) is 5.49. The second-order valence-electron chi connectivity index (χ2n) is 3.47. The number of nitrogens with one attached hydrogen (secondary N) is 1. The van der Waals surface area contributed by atoms with Gasteiger partial charge in [-0.1, -0.05) is 22.5 Å². The molecule has 0 atom stereocenters. The Morgan fingerprint density at radius 3 is 2.44 bits per heavy atom. The van der Waals surface area contributed by atoms with Crippen LogP contribution in [0.15, 0.2) is 35.3 Å². The van der Waals surface area contributed by atoms with Crippen LogP contribution in [0.4, 0.5) is 0 Å². The van der Waals surface area contributed by atoms with Crippen LogP contribution >= 0.6 is 15.9 Å². The molecule has 6 heteroatoms. The molecule has 0 aliphatic carbocycles. The second kappa shape index (κ2) is 6.80. The van der Waals surface area contributed by atoms with Crippen LogP contribution in [-0.2, 0) is 4.79 Å². The molecule has 3 N–H and O–H groups in total. The van der Waals surface area contributed by atoms with Crippen molar-refractivity contribution >= 4 is 27.7 Å². The molecule has 2 amide bonds. The quantitative estimate of drug-likeness (QED) is 0.828. The lowest BCUT2D eigenvalue weighted by Gasteiger charge is -2.07. The first-order chi connectivity index (χ1) is 8.49. The monoisotopic (exact) mass is 312 g/mol. The smallest absolute Gasteiger partial charge is 0.258 e. The first-order valence-corrected chi connectivity index (χ1v) is 5.91. The number of amides is 2. The highest BCUT2D eigenvalue weighted by Crippen LogP contribution is 2.11. The molecule has 1 aromatic rings. The molecule has 0 aliphatic heterocycles. The van der Waals surface area contributed by atoms with Crippen LogP contribution < -0.4 is 15.8 Å². The summed E-state index contributed by atoms with van der Waals surface area (Å²) in [5, 5.41) is 2.60. The summed E-state index contributed by atoms with van der Waals surface area (Å²) in [5.74, 6) is -0.266. The van der Waals surface area contributed by atoms with E-state index < -0.39 is 5.91 Å². The van der Waals surface area contributed by atoms with Gasteiger partial charge >= 0.3 is 0 Å². The summed E-state index contributed by atoms with van der Waals surface area (Å²) in [4.78, 5) is 22.2. The molecule has 5 nitrogen and oxygen atoms in total. The third kappa shape index (κ3) is 5.01. The maximum atomic E-state index is 11.3. The molecule has 96 valence electrons. The van der Waals surface area contributed by atoms with Gasteiger partial charge in [0.2, 0.25) is 5.91 Å². The Balaban J connectivity index is 2.41. The zero-order chi connectivity index (χ0) is 13.5. The van der Waals surface area contributed by atoms with Gasteiger partial charge in [0.05, 0.1) is 0 Å². The zero-order valence-corrected chi connectivity index (χ0v) is 11.2. The fourth-order valence-electron chi connectivity index (χ4n) is 1.11. The number of benzene rings is 1. The molecule has 1 rings (SSSR count). The summed E-state index contributed by atoms with van der Waals surface area (Å²) in [6, 6.07) is 6.24. The van der Waals surface area contributed by atoms with Gasteiger partial charge in [-0.3, -0.25) is 9.59 Å². The van der Waals surface area contributed by atoms with Gasteiger partial charge in [-0.25, -0.2) is 0 Å². The average Bonchev–Trinajstić information content (AvgIpc) is 2.34. The minimum Gasteiger partial charge on any atom is -0.484 e. The fraction of sp³-hybridized carbons (Fsp3) is 0.167. The van der Waals surface area contributed by atoms with Crippen LogP contribution in [0.2, 0.25) is 0 Å². The molecule has 0 fully saturated rings. The Hall–Kier alpha value is -1.82. The van der Waals surface area contributed by atoms with Crippen molar-refractivity contribution in [1.29, 1.82) is 0 Å². The molecule has 0 saturated heterocycles. The summed E-state index contributed by atoms with van der Waals surface area (Å²) >= 11 is 3.13. The molecule has 0 saturated carbocycles. The van der Waals surface area contributed by atoms with E-state index >= 15 is 0 Å². The van der Waals surface area contributed by atoms with E-state index in [-0.39, 0.29) is 12.5 Å². The van der Waals surface area contributed by atoms with E-state index in [1.54, 1.807) is 12.1 Å². The van der Waals surface area contributed by atoms with Gasteiger partial charge in [0.25, 0.3) is 5.91 Å². The molecule has 0 radical (unpaired) electrons. The van der Waals surface area contributed by atoms with E-state index in [4.69, 9.17) is 10.5 Å². The normalized spacial score (nSPS) is 9.61. The fourth-order valence-corrected chi connectivity index (χ4v) is 1.25. The number of halogens is 1. The van der Waals surface area contributed by atoms with Crippen molar-refractivity contribution in [3.8, 4) is 5.75 Å². The SMILES string of the molecule is C=C(Br)CNC(=O)COc1ccc(C(N)=O)cc1. The number of nitrogens with two attached hydrogens (primary N) is 1. The number of ether oxygens (including phenoxy) is 1. The van der Waals surface area contributed by atoms with Crippen LogP contribution in [0.5, 0.6) is 5.75 Å². The number of hydrogen-bond donors (Lipinski definition) is 2. The molecular weight excluding hydrogens is 300 g/mol. The van der Waals surface area contributed by atoms with E-state index in [0.717, 1.165) is 0 Å². The number of primary amides is 1. The molecule has 0 heterocycles. The predicted molar refractivity (Wildman–Crippen MR) is 71.5 cm³/mol. The van der Waals surface area contributed by atoms with E-state index in [2.05, 4.69) is 27.8 Å². The molecule has 0 aromatic heterocycles. The minimum atomic E-state index is -0.505. The Labute approximate surface area is 113 Å². The topological polar surface area (TPSA) is 81.4 Å². The average molecular weight is 313 g/mol. The van der Waals surface area contributed by atoms with Crippen LogP contribution in [0.3, 0.4) is 0 Å². The van der Waals surface area contributed by atoms with E-state index in [1.165, 1.54) is 12.1 Å². The highest BCUT2D eigenvalue weighted by atomic mass is 79.9. The van der Waals surface area contributed by atoms with Crippen molar-refractivity contribution in [3.63, 3.8) is 0 Å². The summed E-state index contributed by atoms with van der Waals surface area (Å²) in [6.07, 6.45) is 0. The van der Waals surface area contributed by atoms with Gasteiger partial charge in [-0.05, 0) is 24.3 Å². The van der Waals surface area contributed by atoms with E-state index in [1.807, 2.05) is 0 Å². The largest absolute Gasteiger partial charge is 0.484 e. The summed E-state index contributed by atoms with van der Waals surface area (Å²) in [6.45, 7) is 3.84. The Morgan fingerprint density at radius 1 is 1.33 bits per heavy atom. The van der Waals surface area contributed by atoms with Crippen molar-refractivity contribution in [2.75, 3.05) is 13.2 Å². The molecule has 1 aromatic carbocycles. The third-order valence-electron chi connectivity index (χ3n) is 1.99. The maximum absolute atomic E-state index is 11.3. The van der Waals surface area contributed by atoms with Crippen LogP contribution in [0.25, 0.3) is 0 Å². The third-order valence-corrected chi connectivity index (χ3v) is 2.27. The van der Waals surface area contributed by atoms with E-state index in [0.29, 0.717) is 22.3 Å². The van der Waals surface area contributed by atoms with Crippen LogP contribution in [0, 0.1) is 0 Å². The molecule has 0 bridgehead atoms. The Morgan fingerprint density at radius 2 is 1.94 bits per heavy atom. The highest BCUT2D eigenvalue weighted by Gasteiger charge is 2.04. The lowest BCUT2D eigenvalue weighted by atomic mass is 10.2. The summed E-state index contributed by atoms with van der Waals surface area (Å²) in [7, 11) is 0. The standard InChI is InChI=1S/C12H13BrN2O3/c1-8(13)6-15-11(16)7-18-10-4-2-9(3-5-10)12(14)17/h2-5H,1,6-7H2,(H2,14,17)(H,15,16). The van der Waals surface area contributed by atoms with E-state index in [9.17, 15) is 9.59 Å². The number of carbonyl (C=O) groups is 2. The van der Waals surface area contributed by atoms with Crippen LogP contribution in [-0.4, -0.2) is 25.0 Å². The van der Waals surface area contributed by atoms with Gasteiger partial charge in [0.1, 0.15) is 5.75 Å². The maximum Gasteiger partial charge on any atom is 0.258 e. The highest BCUT2D eigenvalue weighted by molar-refractivity contribution is 9.11. The lowest BCUT2D eigenvalue weighted by molar-refractivity contribution is -0.122. The van der Waals surface area contributed by atoms with Crippen molar-refractivity contribution in [1.82, 2.24) is 5.32 Å². The molecule has 0 aliphatic rings. The van der Waals surface area contributed by atoms with Gasteiger partial charge < -0.3 is 15.8 Å².